The topological polar surface area (TPSA) is 63.7 Å². The molecule has 150 valence electrons. The number of ether oxygens (including phenoxy) is 1. The minimum Gasteiger partial charge on any atom is -0.457 e. The molecule has 0 spiro atoms. The third-order valence-corrected chi connectivity index (χ3v) is 5.90. The molecule has 0 bridgehead atoms. The Balaban J connectivity index is 1.70. The van der Waals surface area contributed by atoms with Crippen molar-refractivity contribution in [2.24, 2.45) is 0 Å². The van der Waals surface area contributed by atoms with E-state index < -0.39 is 9.84 Å². The summed E-state index contributed by atoms with van der Waals surface area (Å²) in [6.07, 6.45) is 1.17. The molecule has 0 aliphatic rings. The van der Waals surface area contributed by atoms with Crippen molar-refractivity contribution in [3.63, 3.8) is 0 Å². The Hall–Kier alpha value is -3.12. The summed E-state index contributed by atoms with van der Waals surface area (Å²) in [6, 6.07) is 22.8. The van der Waals surface area contributed by atoms with Gasteiger partial charge >= 0.3 is 0 Å². The van der Waals surface area contributed by atoms with Crippen LogP contribution in [0.1, 0.15) is 28.9 Å². The normalized spacial score (nSPS) is 12.2. The van der Waals surface area contributed by atoms with Crippen molar-refractivity contribution in [3.8, 4) is 11.5 Å². The van der Waals surface area contributed by atoms with Crippen LogP contribution in [-0.4, -0.2) is 32.5 Å². The van der Waals surface area contributed by atoms with Crippen molar-refractivity contribution >= 4 is 15.7 Å². The molecule has 3 rings (SSSR count). The van der Waals surface area contributed by atoms with Gasteiger partial charge < -0.3 is 9.64 Å². The summed E-state index contributed by atoms with van der Waals surface area (Å²) in [7, 11) is -1.52. The number of carbonyl (C=O) groups excluding carboxylic acids is 1. The van der Waals surface area contributed by atoms with Crippen LogP contribution < -0.4 is 4.74 Å². The molecule has 0 saturated heterocycles. The molecule has 0 aliphatic carbocycles. The van der Waals surface area contributed by atoms with E-state index >= 15 is 0 Å². The third kappa shape index (κ3) is 5.03. The van der Waals surface area contributed by atoms with E-state index in [9.17, 15) is 13.2 Å². The number of carbonyl (C=O) groups is 1. The van der Waals surface area contributed by atoms with Gasteiger partial charge in [0.25, 0.3) is 5.91 Å². The van der Waals surface area contributed by atoms with Crippen LogP contribution in [0.2, 0.25) is 0 Å². The highest BCUT2D eigenvalue weighted by atomic mass is 32.2. The second kappa shape index (κ2) is 8.49. The molecule has 0 saturated carbocycles. The molecule has 0 unspecified atom stereocenters. The average molecular weight is 410 g/mol. The molecule has 0 N–H and O–H groups in total. The van der Waals surface area contributed by atoms with E-state index in [1.54, 1.807) is 60.5 Å². The summed E-state index contributed by atoms with van der Waals surface area (Å²) in [5, 5.41) is 0. The molecule has 5 nitrogen and oxygen atoms in total. The number of amides is 1. The van der Waals surface area contributed by atoms with Crippen LogP contribution in [0.3, 0.4) is 0 Å². The molecule has 0 aromatic heterocycles. The molecule has 29 heavy (non-hydrogen) atoms. The summed E-state index contributed by atoms with van der Waals surface area (Å²) in [4.78, 5) is 14.7. The van der Waals surface area contributed by atoms with Gasteiger partial charge in [0.15, 0.2) is 9.84 Å². The number of para-hydroxylation sites is 1. The van der Waals surface area contributed by atoms with Crippen molar-refractivity contribution in [1.82, 2.24) is 4.90 Å². The molecule has 6 heteroatoms. The Morgan fingerprint density at radius 3 is 1.97 bits per heavy atom. The predicted octanol–water partition coefficient (Wildman–Crippen LogP) is 4.72. The van der Waals surface area contributed by atoms with Gasteiger partial charge in [-0.1, -0.05) is 30.3 Å². The number of benzene rings is 3. The fourth-order valence-electron chi connectivity index (χ4n) is 2.89. The number of sulfone groups is 1. The van der Waals surface area contributed by atoms with Gasteiger partial charge in [-0.2, -0.15) is 0 Å². The molecule has 0 radical (unpaired) electrons. The quantitative estimate of drug-likeness (QED) is 0.591. The summed E-state index contributed by atoms with van der Waals surface area (Å²) in [5.74, 6) is 1.26. The zero-order chi connectivity index (χ0) is 21.0. The number of hydrogen-bond acceptors (Lipinski definition) is 4. The van der Waals surface area contributed by atoms with Gasteiger partial charge in [0, 0.05) is 18.9 Å². The first kappa shape index (κ1) is 20.6. The van der Waals surface area contributed by atoms with E-state index in [0.29, 0.717) is 11.3 Å². The second-order valence-corrected chi connectivity index (χ2v) is 8.89. The van der Waals surface area contributed by atoms with Crippen LogP contribution in [0.25, 0.3) is 0 Å². The zero-order valence-corrected chi connectivity index (χ0v) is 17.4. The van der Waals surface area contributed by atoms with Crippen molar-refractivity contribution in [1.29, 1.82) is 0 Å². The Morgan fingerprint density at radius 2 is 1.41 bits per heavy atom. The Morgan fingerprint density at radius 1 is 0.862 bits per heavy atom. The summed E-state index contributed by atoms with van der Waals surface area (Å²) >= 11 is 0. The van der Waals surface area contributed by atoms with Gasteiger partial charge in [-0.25, -0.2) is 8.42 Å². The molecular weight excluding hydrogens is 386 g/mol. The molecule has 0 aliphatic heterocycles. The van der Waals surface area contributed by atoms with Gasteiger partial charge in [0.1, 0.15) is 11.5 Å². The Bertz CT molecular complexity index is 1080. The van der Waals surface area contributed by atoms with Gasteiger partial charge in [-0.15, -0.1) is 0 Å². The number of nitrogens with zero attached hydrogens (tertiary/aromatic N) is 1. The first-order valence-electron chi connectivity index (χ1n) is 9.16. The molecule has 3 aromatic rings. The average Bonchev–Trinajstić information content (AvgIpc) is 2.73. The predicted molar refractivity (Wildman–Crippen MR) is 113 cm³/mol. The van der Waals surface area contributed by atoms with Gasteiger partial charge in [0.05, 0.1) is 10.9 Å². The van der Waals surface area contributed by atoms with E-state index in [-0.39, 0.29) is 16.8 Å². The van der Waals surface area contributed by atoms with Crippen LogP contribution in [0, 0.1) is 0 Å². The number of rotatable bonds is 6. The van der Waals surface area contributed by atoms with Crippen LogP contribution in [0.5, 0.6) is 11.5 Å². The first-order chi connectivity index (χ1) is 13.8. The number of hydrogen-bond donors (Lipinski definition) is 0. The van der Waals surface area contributed by atoms with E-state index in [4.69, 9.17) is 4.74 Å². The summed E-state index contributed by atoms with van der Waals surface area (Å²) in [5.41, 5.74) is 1.41. The molecule has 0 fully saturated rings. The largest absolute Gasteiger partial charge is 0.457 e. The van der Waals surface area contributed by atoms with Crippen molar-refractivity contribution in [3.05, 3.63) is 90.0 Å². The van der Waals surface area contributed by atoms with Gasteiger partial charge in [0.2, 0.25) is 0 Å². The third-order valence-electron chi connectivity index (χ3n) is 4.77. The smallest absolute Gasteiger partial charge is 0.254 e. The molecule has 0 heterocycles. The Kier molecular flexibility index (Phi) is 6.03. The minimum atomic E-state index is -3.24. The van der Waals surface area contributed by atoms with E-state index in [2.05, 4.69) is 0 Å². The zero-order valence-electron chi connectivity index (χ0n) is 16.6. The van der Waals surface area contributed by atoms with Crippen LogP contribution >= 0.6 is 0 Å². The second-order valence-electron chi connectivity index (χ2n) is 6.87. The fourth-order valence-corrected chi connectivity index (χ4v) is 3.52. The van der Waals surface area contributed by atoms with Crippen molar-refractivity contribution in [2.45, 2.75) is 17.9 Å². The van der Waals surface area contributed by atoms with Crippen LogP contribution in [-0.2, 0) is 9.84 Å². The molecular formula is C23H23NO4S. The fraction of sp³-hybridized carbons (Fsp3) is 0.174. The van der Waals surface area contributed by atoms with E-state index in [1.807, 2.05) is 37.3 Å². The lowest BCUT2D eigenvalue weighted by atomic mass is 10.1. The summed E-state index contributed by atoms with van der Waals surface area (Å²) < 4.78 is 29.0. The van der Waals surface area contributed by atoms with E-state index in [0.717, 1.165) is 11.3 Å². The minimum absolute atomic E-state index is 0.129. The molecule has 3 aromatic carbocycles. The molecule has 1 amide bonds. The lowest BCUT2D eigenvalue weighted by molar-refractivity contribution is 0.0742. The highest BCUT2D eigenvalue weighted by Crippen LogP contribution is 2.25. The van der Waals surface area contributed by atoms with Crippen LogP contribution in [0.15, 0.2) is 83.8 Å². The summed E-state index contributed by atoms with van der Waals surface area (Å²) in [6.45, 7) is 1.90. The first-order valence-corrected chi connectivity index (χ1v) is 11.0. The monoisotopic (exact) mass is 409 g/mol. The lowest BCUT2D eigenvalue weighted by Gasteiger charge is -2.25. The SMILES string of the molecule is C[C@H](c1ccc(S(C)(=O)=O)cc1)N(C)C(=O)c1ccc(Oc2ccccc2)cc1. The van der Waals surface area contributed by atoms with E-state index in [1.165, 1.54) is 6.26 Å². The standard InChI is InChI=1S/C23H23NO4S/c1-17(18-11-15-22(16-12-18)29(3,26)27)24(2)23(25)19-9-13-21(14-10-19)28-20-7-5-4-6-8-20/h4-17H,1-3H3/t17-/m1/s1. The highest BCUT2D eigenvalue weighted by molar-refractivity contribution is 7.90. The molecule has 1 atom stereocenters. The van der Waals surface area contributed by atoms with Crippen molar-refractivity contribution in [2.75, 3.05) is 13.3 Å². The van der Waals surface area contributed by atoms with Crippen LogP contribution in [0.4, 0.5) is 0 Å². The highest BCUT2D eigenvalue weighted by Gasteiger charge is 2.19. The van der Waals surface area contributed by atoms with Gasteiger partial charge in [-0.3, -0.25) is 4.79 Å². The Labute approximate surface area is 171 Å². The van der Waals surface area contributed by atoms with Gasteiger partial charge in [-0.05, 0) is 61.0 Å². The maximum atomic E-state index is 12.8. The maximum Gasteiger partial charge on any atom is 0.254 e. The van der Waals surface area contributed by atoms with Crippen molar-refractivity contribution < 1.29 is 17.9 Å². The maximum absolute atomic E-state index is 12.8. The lowest BCUT2D eigenvalue weighted by Crippen LogP contribution is -2.29.